The fourth-order valence-corrected chi connectivity index (χ4v) is 4.85. The number of esters is 1. The molecule has 1 aliphatic rings. The molecule has 2 N–H and O–H groups in total. The Balaban J connectivity index is 2.07. The molecule has 1 aromatic rings. The van der Waals surface area contributed by atoms with Gasteiger partial charge in [-0.2, -0.15) is 0 Å². The first-order chi connectivity index (χ1) is 12.7. The summed E-state index contributed by atoms with van der Waals surface area (Å²) in [4.78, 5) is 26.3. The number of sulfone groups is 1. The van der Waals surface area contributed by atoms with Crippen molar-refractivity contribution < 1.29 is 27.5 Å². The Morgan fingerprint density at radius 3 is 2.63 bits per heavy atom. The third kappa shape index (κ3) is 5.26. The quantitative estimate of drug-likeness (QED) is 0.527. The molecule has 1 saturated heterocycles. The van der Waals surface area contributed by atoms with Crippen LogP contribution in [0.4, 0.5) is 5.69 Å². The minimum Gasteiger partial charge on any atom is -0.496 e. The van der Waals surface area contributed by atoms with Crippen LogP contribution in [-0.2, 0) is 19.4 Å². The predicted molar refractivity (Wildman–Crippen MR) is 102 cm³/mol. The molecule has 0 radical (unpaired) electrons. The fraction of sp³-hybridized carbons (Fsp3) is 0.529. The largest absolute Gasteiger partial charge is 0.496 e. The lowest BCUT2D eigenvalue weighted by molar-refractivity contribution is -0.136. The van der Waals surface area contributed by atoms with Crippen molar-refractivity contribution in [3.05, 3.63) is 22.7 Å². The maximum Gasteiger partial charge on any atom is 0.342 e. The lowest BCUT2D eigenvalue weighted by atomic mass is 10.2. The Morgan fingerprint density at radius 1 is 1.37 bits per heavy atom. The van der Waals surface area contributed by atoms with Crippen LogP contribution in [-0.4, -0.2) is 63.0 Å². The standard InChI is InChI=1S/C17H23ClN2O6S/c1-3-5-20(11-4-6-27(23,24)10-11)16(21)9-26-17(22)12-7-13(18)14(19)8-15(12)25-2/h7-8,11H,3-6,9-10,19H2,1-2H3. The average Bonchev–Trinajstić information content (AvgIpc) is 2.98. The molecule has 10 heteroatoms. The zero-order chi connectivity index (χ0) is 20.2. The van der Waals surface area contributed by atoms with Gasteiger partial charge in [0.25, 0.3) is 5.91 Å². The van der Waals surface area contributed by atoms with E-state index < -0.39 is 28.3 Å². The van der Waals surface area contributed by atoms with Crippen LogP contribution in [0.15, 0.2) is 12.1 Å². The summed E-state index contributed by atoms with van der Waals surface area (Å²) in [5.74, 6) is -1.03. The molecule has 0 spiro atoms. The fourth-order valence-electron chi connectivity index (χ4n) is 2.96. The molecular weight excluding hydrogens is 396 g/mol. The van der Waals surface area contributed by atoms with Crippen molar-refractivity contribution in [2.75, 3.05) is 37.5 Å². The number of rotatable bonds is 7. The highest BCUT2D eigenvalue weighted by Gasteiger charge is 2.34. The zero-order valence-corrected chi connectivity index (χ0v) is 16.8. The molecule has 27 heavy (non-hydrogen) atoms. The SMILES string of the molecule is CCCN(C(=O)COC(=O)c1cc(Cl)c(N)cc1OC)C1CCS(=O)(=O)C1. The third-order valence-corrected chi connectivity index (χ3v) is 6.38. The smallest absolute Gasteiger partial charge is 0.342 e. The van der Waals surface area contributed by atoms with Crippen LogP contribution >= 0.6 is 11.6 Å². The Morgan fingerprint density at radius 2 is 2.07 bits per heavy atom. The van der Waals surface area contributed by atoms with Crippen molar-refractivity contribution >= 4 is 39.0 Å². The highest BCUT2D eigenvalue weighted by atomic mass is 35.5. The van der Waals surface area contributed by atoms with Crippen LogP contribution in [0, 0.1) is 0 Å². The van der Waals surface area contributed by atoms with E-state index in [9.17, 15) is 18.0 Å². The van der Waals surface area contributed by atoms with E-state index in [0.717, 1.165) is 0 Å². The number of methoxy groups -OCH3 is 1. The maximum atomic E-state index is 12.5. The van der Waals surface area contributed by atoms with E-state index in [0.29, 0.717) is 19.4 Å². The van der Waals surface area contributed by atoms with Crippen LogP contribution < -0.4 is 10.5 Å². The van der Waals surface area contributed by atoms with Gasteiger partial charge in [-0.15, -0.1) is 0 Å². The van der Waals surface area contributed by atoms with Crippen LogP contribution in [0.3, 0.4) is 0 Å². The molecule has 8 nitrogen and oxygen atoms in total. The second-order valence-electron chi connectivity index (χ2n) is 6.29. The number of carbonyl (C=O) groups is 2. The molecule has 150 valence electrons. The van der Waals surface area contributed by atoms with Gasteiger partial charge in [-0.05, 0) is 18.9 Å². The van der Waals surface area contributed by atoms with Gasteiger partial charge < -0.3 is 20.1 Å². The van der Waals surface area contributed by atoms with Gasteiger partial charge in [0.15, 0.2) is 16.4 Å². The van der Waals surface area contributed by atoms with Gasteiger partial charge in [-0.3, -0.25) is 4.79 Å². The van der Waals surface area contributed by atoms with E-state index >= 15 is 0 Å². The molecule has 1 fully saturated rings. The summed E-state index contributed by atoms with van der Waals surface area (Å²) in [7, 11) is -1.76. The number of anilines is 1. The highest BCUT2D eigenvalue weighted by molar-refractivity contribution is 7.91. The summed E-state index contributed by atoms with van der Waals surface area (Å²) < 4.78 is 33.6. The van der Waals surface area contributed by atoms with Crippen molar-refractivity contribution in [1.82, 2.24) is 4.90 Å². The molecule has 0 aliphatic carbocycles. The normalized spacial score (nSPS) is 18.1. The molecule has 1 aliphatic heterocycles. The van der Waals surface area contributed by atoms with E-state index in [-0.39, 0.29) is 39.6 Å². The van der Waals surface area contributed by atoms with E-state index in [1.165, 1.54) is 24.1 Å². The third-order valence-electron chi connectivity index (χ3n) is 4.30. The summed E-state index contributed by atoms with van der Waals surface area (Å²) in [6.45, 7) is 1.78. The predicted octanol–water partition coefficient (Wildman–Crippen LogP) is 1.51. The van der Waals surface area contributed by atoms with Gasteiger partial charge in [-0.25, -0.2) is 13.2 Å². The molecule has 0 bridgehead atoms. The number of halogens is 1. The topological polar surface area (TPSA) is 116 Å². The number of ether oxygens (including phenoxy) is 2. The summed E-state index contributed by atoms with van der Waals surface area (Å²) in [5.41, 5.74) is 5.98. The zero-order valence-electron chi connectivity index (χ0n) is 15.2. The summed E-state index contributed by atoms with van der Waals surface area (Å²) >= 11 is 5.93. The molecule has 1 atom stereocenters. The minimum absolute atomic E-state index is 0.0509. The van der Waals surface area contributed by atoms with Gasteiger partial charge in [0.1, 0.15) is 11.3 Å². The lowest BCUT2D eigenvalue weighted by Crippen LogP contribution is -2.43. The molecule has 1 heterocycles. The summed E-state index contributed by atoms with van der Waals surface area (Å²) in [6.07, 6.45) is 1.06. The molecule has 1 amide bonds. The van der Waals surface area contributed by atoms with Crippen LogP contribution in [0.1, 0.15) is 30.1 Å². The van der Waals surface area contributed by atoms with E-state index in [1.54, 1.807) is 0 Å². The molecule has 0 aromatic heterocycles. The Labute approximate surface area is 163 Å². The Bertz CT molecular complexity index is 827. The second kappa shape index (κ2) is 8.79. The van der Waals surface area contributed by atoms with Gasteiger partial charge in [0, 0.05) is 18.7 Å². The van der Waals surface area contributed by atoms with Crippen molar-refractivity contribution in [2.45, 2.75) is 25.8 Å². The van der Waals surface area contributed by atoms with Crippen molar-refractivity contribution in [3.63, 3.8) is 0 Å². The summed E-state index contributed by atoms with van der Waals surface area (Å²) in [6, 6.07) is 2.32. The number of hydrogen-bond donors (Lipinski definition) is 1. The first kappa shape index (κ1) is 21.3. The Hall–Kier alpha value is -2.00. The van der Waals surface area contributed by atoms with Gasteiger partial charge in [0.05, 0.1) is 29.3 Å². The molecule has 1 aromatic carbocycles. The number of carbonyl (C=O) groups excluding carboxylic acids is 2. The molecule has 1 unspecified atom stereocenters. The van der Waals surface area contributed by atoms with Crippen LogP contribution in [0.25, 0.3) is 0 Å². The summed E-state index contributed by atoms with van der Waals surface area (Å²) in [5, 5.41) is 0.165. The first-order valence-corrected chi connectivity index (χ1v) is 10.7. The van der Waals surface area contributed by atoms with Crippen molar-refractivity contribution in [2.24, 2.45) is 0 Å². The first-order valence-electron chi connectivity index (χ1n) is 8.48. The molecule has 0 saturated carbocycles. The van der Waals surface area contributed by atoms with Gasteiger partial charge in [-0.1, -0.05) is 18.5 Å². The van der Waals surface area contributed by atoms with Crippen LogP contribution in [0.5, 0.6) is 5.75 Å². The van der Waals surface area contributed by atoms with E-state index in [4.69, 9.17) is 26.8 Å². The molecule has 2 rings (SSSR count). The van der Waals surface area contributed by atoms with Gasteiger partial charge in [0.2, 0.25) is 0 Å². The van der Waals surface area contributed by atoms with Crippen LogP contribution in [0.2, 0.25) is 5.02 Å². The Kier molecular flexibility index (Phi) is 6.94. The van der Waals surface area contributed by atoms with Crippen molar-refractivity contribution in [1.29, 1.82) is 0 Å². The minimum atomic E-state index is -3.13. The number of nitrogen functional groups attached to an aromatic ring is 1. The average molecular weight is 419 g/mol. The maximum absolute atomic E-state index is 12.5. The number of nitrogens with zero attached hydrogens (tertiary/aromatic N) is 1. The molecular formula is C17H23ClN2O6S. The monoisotopic (exact) mass is 418 g/mol. The number of amides is 1. The van der Waals surface area contributed by atoms with Gasteiger partial charge >= 0.3 is 5.97 Å². The lowest BCUT2D eigenvalue weighted by Gasteiger charge is -2.27. The van der Waals surface area contributed by atoms with E-state index in [2.05, 4.69) is 0 Å². The van der Waals surface area contributed by atoms with Crippen molar-refractivity contribution in [3.8, 4) is 5.75 Å². The van der Waals surface area contributed by atoms with E-state index in [1.807, 2.05) is 6.92 Å². The highest BCUT2D eigenvalue weighted by Crippen LogP contribution is 2.29. The number of nitrogens with two attached hydrogens (primary N) is 1. The number of hydrogen-bond acceptors (Lipinski definition) is 7. The second-order valence-corrected chi connectivity index (χ2v) is 8.93. The number of benzene rings is 1.